The number of anilines is 1. The van der Waals surface area contributed by atoms with Crippen molar-refractivity contribution in [2.24, 2.45) is 17.8 Å². The van der Waals surface area contributed by atoms with Crippen LogP contribution in [0.25, 0.3) is 5.52 Å². The molecule has 3 heterocycles. The summed E-state index contributed by atoms with van der Waals surface area (Å²) in [7, 11) is -4.56. The standard InChI is InChI=1S/C35H47N6O10P/c1-8-24(9-2)17-46-34(44)23(7)40-52(45,51-25-13-11-10-12-14-25)47-19-35(18-36)30(49-33(43)22(5)6)29(48-32(42)21(3)4)28(50-35)26-15-16-27-31(37)38-20-39-41(26)27/h10-16,20-24,28-30H,8-9,17,19H2,1-7H3,(H,40,45)(H2,37,38,39)/t23-,28-,29-,30-,35+,52-/m0/s1. The van der Waals surface area contributed by atoms with Crippen LogP contribution in [0.2, 0.25) is 0 Å². The lowest BCUT2D eigenvalue weighted by molar-refractivity contribution is -0.173. The van der Waals surface area contributed by atoms with E-state index in [-0.39, 0.29) is 29.8 Å². The predicted octanol–water partition coefficient (Wildman–Crippen LogP) is 4.94. The number of rotatable bonds is 17. The first kappa shape index (κ1) is 40.2. The second-order valence-electron chi connectivity index (χ2n) is 13.1. The minimum Gasteiger partial charge on any atom is -0.464 e. The summed E-state index contributed by atoms with van der Waals surface area (Å²) in [5.41, 5.74) is 4.50. The van der Waals surface area contributed by atoms with Gasteiger partial charge in [-0.2, -0.15) is 15.4 Å². The Kier molecular flexibility index (Phi) is 13.4. The van der Waals surface area contributed by atoms with Gasteiger partial charge < -0.3 is 29.2 Å². The number of esters is 3. The Morgan fingerprint density at radius 1 is 1.02 bits per heavy atom. The van der Waals surface area contributed by atoms with Crippen molar-refractivity contribution in [1.82, 2.24) is 19.7 Å². The van der Waals surface area contributed by atoms with Crippen LogP contribution < -0.4 is 15.3 Å². The van der Waals surface area contributed by atoms with Crippen molar-refractivity contribution in [3.8, 4) is 11.8 Å². The predicted molar refractivity (Wildman–Crippen MR) is 187 cm³/mol. The number of nitrogens with zero attached hydrogens (tertiary/aromatic N) is 4. The third-order valence-corrected chi connectivity index (χ3v) is 10.2. The first-order chi connectivity index (χ1) is 24.7. The molecule has 6 atom stereocenters. The van der Waals surface area contributed by atoms with Gasteiger partial charge in [0, 0.05) is 0 Å². The fraction of sp³-hybridized carbons (Fsp3) is 0.543. The Labute approximate surface area is 302 Å². The van der Waals surface area contributed by atoms with Gasteiger partial charge in [-0.25, -0.2) is 14.1 Å². The Bertz CT molecular complexity index is 1790. The number of ether oxygens (including phenoxy) is 4. The molecule has 0 radical (unpaired) electrons. The molecule has 0 amide bonds. The highest BCUT2D eigenvalue weighted by atomic mass is 31.2. The summed E-state index contributed by atoms with van der Waals surface area (Å²) in [6.07, 6.45) is -1.50. The summed E-state index contributed by atoms with van der Waals surface area (Å²) in [5, 5.41) is 17.7. The molecule has 282 valence electrons. The molecule has 52 heavy (non-hydrogen) atoms. The largest absolute Gasteiger partial charge is 0.464 e. The van der Waals surface area contributed by atoms with Crippen LogP contribution in [-0.4, -0.2) is 69.6 Å². The van der Waals surface area contributed by atoms with E-state index in [1.807, 2.05) is 19.9 Å². The molecule has 0 saturated carbocycles. The molecule has 0 unspecified atom stereocenters. The van der Waals surface area contributed by atoms with Crippen LogP contribution >= 0.6 is 7.75 Å². The van der Waals surface area contributed by atoms with Crippen molar-refractivity contribution < 1.29 is 46.9 Å². The minimum atomic E-state index is -4.56. The lowest BCUT2D eigenvalue weighted by Crippen LogP contribution is -2.50. The molecule has 0 bridgehead atoms. The molecule has 16 nitrogen and oxygen atoms in total. The Hall–Kier alpha value is -4.55. The molecule has 17 heteroatoms. The second kappa shape index (κ2) is 17.3. The minimum absolute atomic E-state index is 0.121. The van der Waals surface area contributed by atoms with Crippen LogP contribution in [0, 0.1) is 29.1 Å². The lowest BCUT2D eigenvalue weighted by atomic mass is 9.95. The van der Waals surface area contributed by atoms with Gasteiger partial charge in [0.1, 0.15) is 42.4 Å². The van der Waals surface area contributed by atoms with Crippen LogP contribution in [0.5, 0.6) is 5.75 Å². The molecule has 4 rings (SSSR count). The van der Waals surface area contributed by atoms with E-state index in [4.69, 9.17) is 33.7 Å². The molecule has 2 aromatic heterocycles. The summed E-state index contributed by atoms with van der Waals surface area (Å²) >= 11 is 0. The highest BCUT2D eigenvalue weighted by Crippen LogP contribution is 2.50. The Morgan fingerprint density at radius 2 is 1.67 bits per heavy atom. The third kappa shape index (κ3) is 9.27. The van der Waals surface area contributed by atoms with Crippen molar-refractivity contribution >= 4 is 37.0 Å². The Balaban J connectivity index is 1.76. The van der Waals surface area contributed by atoms with Gasteiger partial charge in [0.2, 0.25) is 5.60 Å². The highest BCUT2D eigenvalue weighted by Gasteiger charge is 2.62. The zero-order chi connectivity index (χ0) is 38.2. The van der Waals surface area contributed by atoms with Gasteiger partial charge in [-0.3, -0.25) is 18.9 Å². The average molecular weight is 743 g/mol. The van der Waals surface area contributed by atoms with E-state index in [1.165, 1.54) is 29.9 Å². The number of carbonyl (C=O) groups is 3. The molecule has 0 spiro atoms. The van der Waals surface area contributed by atoms with Gasteiger partial charge in [-0.1, -0.05) is 72.6 Å². The molecule has 1 fully saturated rings. The molecule has 1 aromatic carbocycles. The van der Waals surface area contributed by atoms with Gasteiger partial charge >= 0.3 is 25.7 Å². The van der Waals surface area contributed by atoms with Crippen LogP contribution in [0.3, 0.4) is 0 Å². The lowest BCUT2D eigenvalue weighted by Gasteiger charge is -2.31. The molecular formula is C35H47N6O10P. The summed E-state index contributed by atoms with van der Waals surface area (Å²) in [6.45, 7) is 11.1. The number of nitrogen functional groups attached to an aromatic ring is 1. The van der Waals surface area contributed by atoms with Crippen molar-refractivity contribution in [3.63, 3.8) is 0 Å². The van der Waals surface area contributed by atoms with E-state index in [9.17, 15) is 24.2 Å². The topological polar surface area (TPSA) is 216 Å². The van der Waals surface area contributed by atoms with Crippen molar-refractivity contribution in [3.05, 3.63) is 54.5 Å². The summed E-state index contributed by atoms with van der Waals surface area (Å²) < 4.78 is 51.3. The quantitative estimate of drug-likeness (QED) is 0.106. The maximum Gasteiger partial charge on any atom is 0.459 e. The van der Waals surface area contributed by atoms with Gasteiger partial charge in [-0.05, 0) is 37.1 Å². The zero-order valence-electron chi connectivity index (χ0n) is 30.4. The normalized spacial score (nSPS) is 21.8. The number of para-hydroxylation sites is 1. The zero-order valence-corrected chi connectivity index (χ0v) is 31.3. The summed E-state index contributed by atoms with van der Waals surface area (Å²) in [5.74, 6) is -2.98. The summed E-state index contributed by atoms with van der Waals surface area (Å²) in [4.78, 5) is 43.3. The van der Waals surface area contributed by atoms with Gasteiger partial charge in [-0.15, -0.1) is 0 Å². The number of carbonyl (C=O) groups excluding carboxylic acids is 3. The molecule has 1 aliphatic heterocycles. The first-order valence-corrected chi connectivity index (χ1v) is 18.7. The monoisotopic (exact) mass is 742 g/mol. The molecule has 0 aliphatic carbocycles. The van der Waals surface area contributed by atoms with Crippen LogP contribution in [-0.2, 0) is 42.4 Å². The van der Waals surface area contributed by atoms with E-state index in [0.717, 1.165) is 12.8 Å². The van der Waals surface area contributed by atoms with Gasteiger partial charge in [0.05, 0.1) is 24.1 Å². The Morgan fingerprint density at radius 3 is 2.29 bits per heavy atom. The summed E-state index contributed by atoms with van der Waals surface area (Å²) in [6, 6.07) is 12.1. The fourth-order valence-corrected chi connectivity index (χ4v) is 6.81. The van der Waals surface area contributed by atoms with Gasteiger partial charge in [0.15, 0.2) is 18.0 Å². The second-order valence-corrected chi connectivity index (χ2v) is 14.8. The third-order valence-electron chi connectivity index (χ3n) is 8.56. The molecule has 1 saturated heterocycles. The van der Waals surface area contributed by atoms with Crippen molar-refractivity contribution in [2.75, 3.05) is 18.9 Å². The number of hydrogen-bond donors (Lipinski definition) is 2. The van der Waals surface area contributed by atoms with Crippen LogP contribution in [0.1, 0.15) is 73.1 Å². The molecule has 1 aliphatic rings. The van der Waals surface area contributed by atoms with E-state index in [2.05, 4.69) is 15.2 Å². The molecular weight excluding hydrogens is 695 g/mol. The number of fused-ring (bicyclic) bond motifs is 1. The van der Waals surface area contributed by atoms with Gasteiger partial charge in [0.25, 0.3) is 0 Å². The number of benzene rings is 1. The first-order valence-electron chi connectivity index (χ1n) is 17.2. The SMILES string of the molecule is CCC(CC)COC(=O)[C@H](C)N[P@](=O)(OC[C@@]1(C#N)O[C@@H](c2ccc3c(N)ncnn23)[C@H](OC(=O)C(C)C)[C@@H]1OC(=O)C(C)C)Oc1ccccc1. The van der Waals surface area contributed by atoms with Crippen molar-refractivity contribution in [1.29, 1.82) is 5.26 Å². The number of nitriles is 1. The van der Waals surface area contributed by atoms with E-state index in [0.29, 0.717) is 5.52 Å². The molecule has 3 aromatic rings. The van der Waals surface area contributed by atoms with E-state index in [1.54, 1.807) is 58.0 Å². The maximum atomic E-state index is 14.5. The number of hydrogen-bond acceptors (Lipinski definition) is 14. The highest BCUT2D eigenvalue weighted by molar-refractivity contribution is 7.52. The van der Waals surface area contributed by atoms with Crippen LogP contribution in [0.15, 0.2) is 48.8 Å². The average Bonchev–Trinajstić information content (AvgIpc) is 3.68. The number of aromatic nitrogens is 3. The fourth-order valence-electron chi connectivity index (χ4n) is 5.29. The van der Waals surface area contributed by atoms with E-state index >= 15 is 0 Å². The molecule has 3 N–H and O–H groups in total. The van der Waals surface area contributed by atoms with E-state index < -0.39 is 74.1 Å². The maximum absolute atomic E-state index is 14.5. The smallest absolute Gasteiger partial charge is 0.459 e. The number of nitrogens with one attached hydrogen (secondary N) is 1. The van der Waals surface area contributed by atoms with Crippen LogP contribution in [0.4, 0.5) is 5.82 Å². The number of nitrogens with two attached hydrogens (primary N) is 1. The van der Waals surface area contributed by atoms with Crippen molar-refractivity contribution in [2.45, 2.75) is 91.3 Å².